The van der Waals surface area contributed by atoms with Gasteiger partial charge in [-0.15, -0.1) is 0 Å². The number of rotatable bonds is 10. The largest absolute Gasteiger partial charge is 0.673 e. The molecule has 0 bridgehead atoms. The van der Waals surface area contributed by atoms with Gasteiger partial charge < -0.3 is 31.6 Å². The number of ether oxygens (including phenoxy) is 2. The van der Waals surface area contributed by atoms with Crippen LogP contribution in [0, 0.1) is 0 Å². The van der Waals surface area contributed by atoms with E-state index in [0.29, 0.717) is 0 Å². The van der Waals surface area contributed by atoms with E-state index in [1.807, 2.05) is 36.4 Å². The van der Waals surface area contributed by atoms with Crippen molar-refractivity contribution in [3.8, 4) is 11.5 Å². The molecule has 3 rings (SSSR count). The Hall–Kier alpha value is -3.39. The second kappa shape index (κ2) is 16.0. The Balaban J connectivity index is 0.00000103. The average Bonchev–Trinajstić information content (AvgIpc) is 2.94. The Morgan fingerprint density at radius 3 is 1.88 bits per heavy atom. The number of halogens is 5. The molecular formula is C31H36BClF4NO2-. The van der Waals surface area contributed by atoms with Crippen LogP contribution in [-0.2, 0) is 0 Å². The molecule has 0 heterocycles. The molecule has 3 nitrogen and oxygen atoms in total. The van der Waals surface area contributed by atoms with E-state index in [2.05, 4.69) is 61.8 Å². The summed E-state index contributed by atoms with van der Waals surface area (Å²) in [7, 11) is -2.64. The van der Waals surface area contributed by atoms with Crippen molar-refractivity contribution >= 4 is 30.1 Å². The van der Waals surface area contributed by atoms with Crippen LogP contribution < -0.4 is 9.47 Å². The van der Waals surface area contributed by atoms with Gasteiger partial charge in [-0.1, -0.05) is 48.5 Å². The van der Waals surface area contributed by atoms with Gasteiger partial charge in [-0.25, -0.2) is 0 Å². The number of benzene rings is 2. The van der Waals surface area contributed by atoms with E-state index in [9.17, 15) is 17.3 Å². The summed E-state index contributed by atoms with van der Waals surface area (Å²) >= 11 is 6.89. The monoisotopic (exact) mass is 576 g/mol. The molecule has 0 aromatic heterocycles. The summed E-state index contributed by atoms with van der Waals surface area (Å²) in [5.41, 5.74) is 6.69. The zero-order valence-corrected chi connectivity index (χ0v) is 24.2. The van der Waals surface area contributed by atoms with Crippen LogP contribution in [0.1, 0.15) is 44.2 Å². The highest BCUT2D eigenvalue weighted by Crippen LogP contribution is 2.34. The van der Waals surface area contributed by atoms with Gasteiger partial charge in [0.2, 0.25) is 0 Å². The van der Waals surface area contributed by atoms with Crippen molar-refractivity contribution in [2.45, 2.75) is 33.1 Å². The van der Waals surface area contributed by atoms with Gasteiger partial charge in [-0.3, -0.25) is 0 Å². The van der Waals surface area contributed by atoms with E-state index in [0.717, 1.165) is 71.2 Å². The second-order valence-corrected chi connectivity index (χ2v) is 9.30. The Kier molecular flexibility index (Phi) is 13.1. The van der Waals surface area contributed by atoms with Gasteiger partial charge in [0.15, 0.2) is 0 Å². The lowest BCUT2D eigenvalue weighted by molar-refractivity contribution is 0.368. The van der Waals surface area contributed by atoms with Crippen molar-refractivity contribution in [2.24, 2.45) is 0 Å². The molecule has 9 heteroatoms. The highest BCUT2D eigenvalue weighted by Gasteiger charge is 2.20. The summed E-state index contributed by atoms with van der Waals surface area (Å²) < 4.78 is 49.6. The fourth-order valence-corrected chi connectivity index (χ4v) is 4.52. The van der Waals surface area contributed by atoms with Crippen LogP contribution in [0.2, 0.25) is 0 Å². The molecule has 1 aliphatic carbocycles. The van der Waals surface area contributed by atoms with Crippen molar-refractivity contribution in [1.82, 2.24) is 4.90 Å². The van der Waals surface area contributed by atoms with E-state index in [1.54, 1.807) is 14.2 Å². The number of hydrogen-bond acceptors (Lipinski definition) is 3. The zero-order chi connectivity index (χ0) is 29.7. The Morgan fingerprint density at radius 1 is 0.900 bits per heavy atom. The van der Waals surface area contributed by atoms with E-state index in [4.69, 9.17) is 21.1 Å². The molecule has 0 atom stereocenters. The van der Waals surface area contributed by atoms with Crippen LogP contribution in [0.15, 0.2) is 95.6 Å². The third kappa shape index (κ3) is 10.6. The summed E-state index contributed by atoms with van der Waals surface area (Å²) in [6, 6.07) is 16.2. The van der Waals surface area contributed by atoms with Gasteiger partial charge in [-0.05, 0) is 103 Å². The predicted molar refractivity (Wildman–Crippen MR) is 160 cm³/mol. The molecule has 1 aliphatic rings. The minimum absolute atomic E-state index is 0.838. The molecule has 0 unspecified atom stereocenters. The standard InChI is InChI=1S/C31H36ClNO2.BF4/c1-6-33(7-2)30(25-15-20-29(35-5)21-16-25)22-17-27-10-8-9-26(31(27)32)12-11-23(3)24-13-18-28(34-4)19-14-24;2-1(3,4)5/h11-22H,3,6-10H2,1-2,4-5H3;/q;-1/b12-11+,27-17+,30-22+;. The normalized spacial score (nSPS) is 15.1. The Bertz CT molecular complexity index is 1220. The Morgan fingerprint density at radius 2 is 1.40 bits per heavy atom. The molecule has 0 amide bonds. The van der Waals surface area contributed by atoms with E-state index in [1.165, 1.54) is 11.3 Å². The zero-order valence-electron chi connectivity index (χ0n) is 23.4. The van der Waals surface area contributed by atoms with Crippen LogP contribution in [0.25, 0.3) is 11.3 Å². The third-order valence-electron chi connectivity index (χ3n) is 6.33. The SMILES string of the molecule is C=C(/C=C/C1=C(Cl)C(=C/C=C(\c2ccc(OC)cc2)N(CC)CC)/CCC1)c1ccc(OC)cc1.F[B-](F)(F)F. The van der Waals surface area contributed by atoms with Crippen LogP contribution in [0.5, 0.6) is 11.5 Å². The highest BCUT2D eigenvalue weighted by molar-refractivity contribution is 6.50. The summed E-state index contributed by atoms with van der Waals surface area (Å²) in [6.07, 6.45) is 11.6. The fraction of sp³-hybridized carbons (Fsp3) is 0.290. The van der Waals surface area contributed by atoms with Gasteiger partial charge >= 0.3 is 7.25 Å². The molecule has 2 aromatic rings. The lowest BCUT2D eigenvalue weighted by Crippen LogP contribution is -2.21. The highest BCUT2D eigenvalue weighted by atomic mass is 35.5. The van der Waals surface area contributed by atoms with Gasteiger partial charge in [-0.2, -0.15) is 0 Å². The average molecular weight is 577 g/mol. The molecule has 2 aromatic carbocycles. The van der Waals surface area contributed by atoms with Crippen molar-refractivity contribution in [3.63, 3.8) is 0 Å². The minimum atomic E-state index is -6.00. The second-order valence-electron chi connectivity index (χ2n) is 8.92. The van der Waals surface area contributed by atoms with E-state index in [-0.39, 0.29) is 0 Å². The maximum Gasteiger partial charge on any atom is 0.673 e. The fourth-order valence-electron chi connectivity index (χ4n) is 4.20. The topological polar surface area (TPSA) is 21.7 Å². The van der Waals surface area contributed by atoms with Crippen LogP contribution in [0.3, 0.4) is 0 Å². The molecule has 40 heavy (non-hydrogen) atoms. The van der Waals surface area contributed by atoms with Crippen molar-refractivity contribution in [1.29, 1.82) is 0 Å². The molecule has 0 saturated carbocycles. The van der Waals surface area contributed by atoms with Crippen molar-refractivity contribution in [3.05, 3.63) is 107 Å². The maximum absolute atomic E-state index is 9.75. The number of nitrogens with zero attached hydrogens (tertiary/aromatic N) is 1. The minimum Gasteiger partial charge on any atom is -0.497 e. The smallest absolute Gasteiger partial charge is 0.497 e. The first-order valence-electron chi connectivity index (χ1n) is 13.1. The molecule has 0 spiro atoms. The molecule has 0 fully saturated rings. The summed E-state index contributed by atoms with van der Waals surface area (Å²) in [5, 5.41) is 0.847. The molecule has 0 radical (unpaired) electrons. The summed E-state index contributed by atoms with van der Waals surface area (Å²) in [6.45, 7) is 10.4. The summed E-state index contributed by atoms with van der Waals surface area (Å²) in [4.78, 5) is 2.36. The van der Waals surface area contributed by atoms with Gasteiger partial charge in [0.05, 0.1) is 14.2 Å². The first-order valence-corrected chi connectivity index (χ1v) is 13.5. The van der Waals surface area contributed by atoms with Crippen molar-refractivity contribution < 1.29 is 26.7 Å². The lowest BCUT2D eigenvalue weighted by atomic mass is 9.93. The molecule has 0 aliphatic heterocycles. The van der Waals surface area contributed by atoms with E-state index >= 15 is 0 Å². The van der Waals surface area contributed by atoms with Gasteiger partial charge in [0, 0.05) is 23.8 Å². The first-order chi connectivity index (χ1) is 19.0. The lowest BCUT2D eigenvalue weighted by Gasteiger charge is -2.25. The Labute approximate surface area is 240 Å². The third-order valence-corrected chi connectivity index (χ3v) is 6.82. The van der Waals surface area contributed by atoms with Crippen LogP contribution in [-0.4, -0.2) is 39.5 Å². The molecule has 0 saturated heterocycles. The summed E-state index contributed by atoms with van der Waals surface area (Å²) in [5.74, 6) is 1.70. The molecule has 0 N–H and O–H groups in total. The number of methoxy groups -OCH3 is 2. The quantitative estimate of drug-likeness (QED) is 0.160. The predicted octanol–water partition coefficient (Wildman–Crippen LogP) is 9.56. The number of allylic oxidation sites excluding steroid dienone is 8. The molecular weight excluding hydrogens is 541 g/mol. The van der Waals surface area contributed by atoms with Crippen molar-refractivity contribution in [2.75, 3.05) is 27.3 Å². The molecule has 216 valence electrons. The van der Waals surface area contributed by atoms with Gasteiger partial charge in [0.25, 0.3) is 0 Å². The number of hydrogen-bond donors (Lipinski definition) is 0. The van der Waals surface area contributed by atoms with Gasteiger partial charge in [0.1, 0.15) is 11.5 Å². The first kappa shape index (κ1) is 32.8. The maximum atomic E-state index is 9.75. The van der Waals surface area contributed by atoms with Crippen LogP contribution in [0.4, 0.5) is 17.3 Å². The van der Waals surface area contributed by atoms with E-state index < -0.39 is 7.25 Å². The van der Waals surface area contributed by atoms with Crippen LogP contribution >= 0.6 is 11.6 Å².